The summed E-state index contributed by atoms with van der Waals surface area (Å²) in [7, 11) is -4.69. The van der Waals surface area contributed by atoms with Gasteiger partial charge in [0.15, 0.2) is 5.78 Å². The Bertz CT molecular complexity index is 1240. The number of hydrogen-bond acceptors (Lipinski definition) is 7. The van der Waals surface area contributed by atoms with Gasteiger partial charge in [0.25, 0.3) is 0 Å². The number of nitrogens with zero attached hydrogens (tertiary/aromatic N) is 1. The lowest BCUT2D eigenvalue weighted by molar-refractivity contribution is -0.152. The van der Waals surface area contributed by atoms with Crippen LogP contribution in [0.4, 0.5) is 0 Å². The average molecular weight is 766 g/mol. The number of hydrogen-bond donors (Lipinski definition) is 5. The smallest absolute Gasteiger partial charge is 0.480 e. The highest BCUT2D eigenvalue weighted by molar-refractivity contribution is 7.46. The third-order valence-electron chi connectivity index (χ3n) is 11.2. The summed E-state index contributed by atoms with van der Waals surface area (Å²) in [6.45, 7) is 5.95. The number of phosphoric ester groups is 1. The Labute approximate surface area is 319 Å². The van der Waals surface area contributed by atoms with Gasteiger partial charge in [-0.05, 0) is 49.8 Å². The maximum atomic E-state index is 13.9. The van der Waals surface area contributed by atoms with Crippen molar-refractivity contribution in [2.24, 2.45) is 17.6 Å². The van der Waals surface area contributed by atoms with Crippen molar-refractivity contribution >= 4 is 25.5 Å². The predicted octanol–water partition coefficient (Wildman–Crippen LogP) is 9.03. The molecule has 0 heterocycles. The molecule has 0 aliphatic heterocycles. The number of benzene rings is 1. The van der Waals surface area contributed by atoms with Gasteiger partial charge in [-0.2, -0.15) is 0 Å². The number of phosphoric acid groups is 1. The molecule has 1 fully saturated rings. The van der Waals surface area contributed by atoms with Crippen LogP contribution in [0, 0.1) is 11.8 Å². The molecule has 1 aromatic rings. The van der Waals surface area contributed by atoms with Crippen LogP contribution in [0.1, 0.15) is 174 Å². The van der Waals surface area contributed by atoms with E-state index in [0.717, 1.165) is 44.1 Å². The maximum absolute atomic E-state index is 13.9. The van der Waals surface area contributed by atoms with E-state index in [1.54, 1.807) is 26.0 Å². The Balaban J connectivity index is 1.95. The van der Waals surface area contributed by atoms with Crippen molar-refractivity contribution in [2.45, 2.75) is 186 Å². The van der Waals surface area contributed by atoms with Crippen LogP contribution in [0.3, 0.4) is 0 Å². The van der Waals surface area contributed by atoms with E-state index in [1.807, 2.05) is 0 Å². The van der Waals surface area contributed by atoms with Gasteiger partial charge < -0.3 is 15.4 Å². The van der Waals surface area contributed by atoms with Crippen molar-refractivity contribution in [1.82, 2.24) is 10.4 Å². The Kier molecular flexibility index (Phi) is 22.7. The van der Waals surface area contributed by atoms with Gasteiger partial charge in [-0.15, -0.1) is 0 Å². The fourth-order valence-electron chi connectivity index (χ4n) is 7.60. The Hall–Kier alpha value is -2.30. The number of ketones is 1. The Morgan fingerprint density at radius 2 is 1.40 bits per heavy atom. The number of Topliss-reactive ketones (excluding diaryl/α,β-unsaturated/α-hetero) is 1. The molecule has 1 aliphatic rings. The van der Waals surface area contributed by atoms with E-state index in [1.165, 1.54) is 107 Å². The second-order valence-electron chi connectivity index (χ2n) is 15.5. The molecular formula is C41H72N3O8P. The maximum Gasteiger partial charge on any atom is 0.524 e. The largest absolute Gasteiger partial charge is 0.524 e. The molecule has 1 saturated carbocycles. The average Bonchev–Trinajstić information content (AvgIpc) is 3.13. The first-order chi connectivity index (χ1) is 25.3. The monoisotopic (exact) mass is 766 g/mol. The standard InChI is InChI=1S/C41H72N3O8P/c1-4-5-6-7-8-9-10-11-12-13-14-15-16-20-32-43-44(38(45)30-27-36-25-28-37(29-26-36)52-53(49,50)51)34(3)39(46)33(2)41(42,40(47)48)31-21-24-35-22-18-17-19-23-35/h25-26,28-29,33-35,43H,4-24,27,30-32,42H2,1-3H3,(H,47,48)(H2,49,50,51). The van der Waals surface area contributed by atoms with Gasteiger partial charge >= 0.3 is 13.8 Å². The van der Waals surface area contributed by atoms with Gasteiger partial charge in [0.2, 0.25) is 5.91 Å². The third kappa shape index (κ3) is 18.7. The third-order valence-corrected chi connectivity index (χ3v) is 11.6. The molecule has 6 N–H and O–H groups in total. The van der Waals surface area contributed by atoms with E-state index in [2.05, 4.69) is 16.9 Å². The second-order valence-corrected chi connectivity index (χ2v) is 16.7. The highest BCUT2D eigenvalue weighted by Crippen LogP contribution is 2.37. The summed E-state index contributed by atoms with van der Waals surface area (Å²) >= 11 is 0. The van der Waals surface area contributed by atoms with E-state index < -0.39 is 37.1 Å². The molecule has 3 unspecified atom stereocenters. The van der Waals surface area contributed by atoms with Crippen molar-refractivity contribution in [3.05, 3.63) is 29.8 Å². The van der Waals surface area contributed by atoms with Crippen LogP contribution in [-0.4, -0.2) is 55.7 Å². The van der Waals surface area contributed by atoms with Crippen LogP contribution in [0.15, 0.2) is 24.3 Å². The van der Waals surface area contributed by atoms with Gasteiger partial charge in [-0.3, -0.25) is 29.2 Å². The highest BCUT2D eigenvalue weighted by atomic mass is 31.2. The van der Waals surface area contributed by atoms with Gasteiger partial charge in [0.05, 0.1) is 0 Å². The number of carboxylic acids is 1. The zero-order valence-corrected chi connectivity index (χ0v) is 34.0. The number of carboxylic acid groups (broad SMARTS) is 1. The molecule has 0 bridgehead atoms. The molecule has 0 spiro atoms. The number of nitrogens with one attached hydrogen (secondary N) is 1. The Morgan fingerprint density at radius 1 is 0.868 bits per heavy atom. The predicted molar refractivity (Wildman–Crippen MR) is 211 cm³/mol. The van der Waals surface area contributed by atoms with Crippen LogP contribution in [0.25, 0.3) is 0 Å². The number of aryl methyl sites for hydroxylation is 1. The summed E-state index contributed by atoms with van der Waals surface area (Å²) in [5.74, 6) is -2.33. The summed E-state index contributed by atoms with van der Waals surface area (Å²) in [6, 6.07) is 5.18. The molecule has 11 nitrogen and oxygen atoms in total. The number of amides is 1. The van der Waals surface area contributed by atoms with Crippen LogP contribution in [0.5, 0.6) is 5.75 Å². The summed E-state index contributed by atoms with van der Waals surface area (Å²) in [4.78, 5) is 58.3. The SMILES string of the molecule is CCCCCCCCCCCCCCCCNN(C(=O)CCc1ccc(OP(=O)(O)O)cc1)C(C)C(=O)C(C)C(N)(CCCC1CCCCC1)C(=O)O. The van der Waals surface area contributed by atoms with Gasteiger partial charge in [-0.1, -0.05) is 154 Å². The number of hydrazine groups is 1. The number of carbonyl (C=O) groups is 3. The minimum atomic E-state index is -4.69. The summed E-state index contributed by atoms with van der Waals surface area (Å²) < 4.78 is 15.8. The molecule has 304 valence electrons. The lowest BCUT2D eigenvalue weighted by atomic mass is 9.76. The van der Waals surface area contributed by atoms with Crippen molar-refractivity contribution in [2.75, 3.05) is 6.54 Å². The lowest BCUT2D eigenvalue weighted by Crippen LogP contribution is -2.60. The van der Waals surface area contributed by atoms with Crippen molar-refractivity contribution in [3.8, 4) is 5.75 Å². The molecule has 0 radical (unpaired) electrons. The van der Waals surface area contributed by atoms with E-state index >= 15 is 0 Å². The quantitative estimate of drug-likeness (QED) is 0.0288. The lowest BCUT2D eigenvalue weighted by Gasteiger charge is -2.36. The second kappa shape index (κ2) is 25.7. The van der Waals surface area contributed by atoms with Gasteiger partial charge in [0.1, 0.15) is 17.3 Å². The first-order valence-corrected chi connectivity index (χ1v) is 22.3. The molecule has 53 heavy (non-hydrogen) atoms. The summed E-state index contributed by atoms with van der Waals surface area (Å²) in [5.41, 5.74) is 8.75. The van der Waals surface area contributed by atoms with E-state index in [-0.39, 0.29) is 24.5 Å². The molecule has 1 amide bonds. The zero-order valence-electron chi connectivity index (χ0n) is 33.1. The van der Waals surface area contributed by atoms with Gasteiger partial charge in [0, 0.05) is 18.9 Å². The van der Waals surface area contributed by atoms with Crippen molar-refractivity contribution in [1.29, 1.82) is 0 Å². The normalized spacial score (nSPS) is 16.1. The molecule has 3 atom stereocenters. The summed E-state index contributed by atoms with van der Waals surface area (Å²) in [5, 5.41) is 11.6. The van der Waals surface area contributed by atoms with Crippen LogP contribution < -0.4 is 15.7 Å². The number of rotatable bonds is 30. The minimum absolute atomic E-state index is 0.0144. The molecule has 0 aromatic heterocycles. The van der Waals surface area contributed by atoms with Crippen molar-refractivity contribution < 1.29 is 38.4 Å². The van der Waals surface area contributed by atoms with Crippen LogP contribution in [-0.2, 0) is 25.4 Å². The van der Waals surface area contributed by atoms with E-state index in [4.69, 9.17) is 15.5 Å². The van der Waals surface area contributed by atoms with Crippen LogP contribution in [0.2, 0.25) is 0 Å². The van der Waals surface area contributed by atoms with Gasteiger partial charge in [-0.25, -0.2) is 9.99 Å². The zero-order chi connectivity index (χ0) is 39.1. The topological polar surface area (TPSA) is 179 Å². The molecule has 1 aliphatic carbocycles. The van der Waals surface area contributed by atoms with E-state index in [0.29, 0.717) is 25.3 Å². The number of aliphatic carboxylic acids is 1. The molecule has 2 rings (SSSR count). The molecule has 0 saturated heterocycles. The Morgan fingerprint density at radius 3 is 1.91 bits per heavy atom. The fraction of sp³-hybridized carbons (Fsp3) is 0.780. The number of carbonyl (C=O) groups excluding carboxylic acids is 2. The fourth-order valence-corrected chi connectivity index (χ4v) is 7.99. The van der Waals surface area contributed by atoms with Crippen LogP contribution >= 0.6 is 7.82 Å². The molecular weight excluding hydrogens is 693 g/mol. The first kappa shape index (κ1) is 46.9. The first-order valence-electron chi connectivity index (χ1n) is 20.7. The number of nitrogens with two attached hydrogens (primary N) is 1. The molecule has 12 heteroatoms. The highest BCUT2D eigenvalue weighted by Gasteiger charge is 2.45. The minimum Gasteiger partial charge on any atom is -0.480 e. The number of unbranched alkanes of at least 4 members (excludes halogenated alkanes) is 13. The van der Waals surface area contributed by atoms with Crippen molar-refractivity contribution in [3.63, 3.8) is 0 Å². The van der Waals surface area contributed by atoms with E-state index in [9.17, 15) is 24.1 Å². The molecule has 1 aromatic carbocycles. The summed E-state index contributed by atoms with van der Waals surface area (Å²) in [6.07, 6.45) is 25.4.